The van der Waals surface area contributed by atoms with E-state index in [1.165, 1.54) is 7.11 Å². The summed E-state index contributed by atoms with van der Waals surface area (Å²) in [6.45, 7) is 5.29. The second-order valence-electron chi connectivity index (χ2n) is 10.7. The molecule has 9 N–H and O–H groups in total. The van der Waals surface area contributed by atoms with Gasteiger partial charge in [0.05, 0.1) is 7.11 Å². The highest BCUT2D eigenvalue weighted by Gasteiger charge is 2.35. The highest BCUT2D eigenvalue weighted by Crippen LogP contribution is 2.11. The maximum Gasteiger partial charge on any atom is 0.330 e. The van der Waals surface area contributed by atoms with Crippen molar-refractivity contribution in [1.82, 2.24) is 10.6 Å². The van der Waals surface area contributed by atoms with Gasteiger partial charge in [0.2, 0.25) is 0 Å². The SMILES string of the molecule is C.C.CC(C)(N)[C@H](NC(=O)c1ccc(C#CCO)cc1)C(=O)CO.COC(=O)[C@@H](NC(=O)c1ccc(C#CCO)cc1)C(C)(C)N. The molecule has 0 unspecified atom stereocenters. The Hall–Kier alpha value is -4.56. The van der Waals surface area contributed by atoms with Crippen molar-refractivity contribution < 1.29 is 39.2 Å². The fourth-order valence-electron chi connectivity index (χ4n) is 3.56. The molecule has 2 aromatic carbocycles. The van der Waals surface area contributed by atoms with E-state index in [0.717, 1.165) is 0 Å². The van der Waals surface area contributed by atoms with E-state index >= 15 is 0 Å². The number of methoxy groups -OCH3 is 1. The number of carbonyl (C=O) groups is 4. The summed E-state index contributed by atoms with van der Waals surface area (Å²) in [5, 5.41) is 31.3. The molecule has 0 spiro atoms. The van der Waals surface area contributed by atoms with Crippen molar-refractivity contribution in [2.45, 2.75) is 65.7 Å². The third-order valence-corrected chi connectivity index (χ3v) is 5.87. The molecule has 0 aliphatic carbocycles. The molecule has 0 aliphatic rings. The van der Waals surface area contributed by atoms with Gasteiger partial charge in [0, 0.05) is 33.3 Å². The number of hydrogen-bond donors (Lipinski definition) is 7. The Kier molecular flexibility index (Phi) is 19.4. The number of nitrogens with one attached hydrogen (secondary N) is 2. The zero-order chi connectivity index (χ0) is 33.5. The van der Waals surface area contributed by atoms with Crippen LogP contribution in [0.3, 0.4) is 0 Å². The summed E-state index contributed by atoms with van der Waals surface area (Å²) in [7, 11) is 1.24. The van der Waals surface area contributed by atoms with Gasteiger partial charge in [-0.05, 0) is 76.2 Å². The van der Waals surface area contributed by atoms with Crippen LogP contribution >= 0.6 is 0 Å². The lowest BCUT2D eigenvalue weighted by Crippen LogP contribution is -2.59. The van der Waals surface area contributed by atoms with Crippen LogP contribution in [0.4, 0.5) is 0 Å². The number of amides is 2. The van der Waals surface area contributed by atoms with E-state index in [-0.39, 0.29) is 28.1 Å². The second kappa shape index (κ2) is 20.5. The molecular formula is C34H48N4O8. The van der Waals surface area contributed by atoms with Crippen molar-refractivity contribution >= 4 is 23.6 Å². The lowest BCUT2D eigenvalue weighted by Gasteiger charge is -2.29. The summed E-state index contributed by atoms with van der Waals surface area (Å²) >= 11 is 0. The van der Waals surface area contributed by atoms with Gasteiger partial charge in [-0.2, -0.15) is 0 Å². The van der Waals surface area contributed by atoms with E-state index in [4.69, 9.17) is 26.8 Å². The highest BCUT2D eigenvalue weighted by atomic mass is 16.5. The van der Waals surface area contributed by atoms with Crippen LogP contribution in [-0.4, -0.2) is 89.0 Å². The molecule has 0 aromatic heterocycles. The average molecular weight is 641 g/mol. The monoisotopic (exact) mass is 640 g/mol. The van der Waals surface area contributed by atoms with E-state index in [9.17, 15) is 19.2 Å². The molecule has 0 bridgehead atoms. The number of nitrogens with two attached hydrogens (primary N) is 2. The van der Waals surface area contributed by atoms with Crippen LogP contribution in [0.15, 0.2) is 48.5 Å². The number of aliphatic hydroxyl groups is 3. The van der Waals surface area contributed by atoms with E-state index < -0.39 is 53.3 Å². The smallest absolute Gasteiger partial charge is 0.330 e. The number of rotatable bonds is 9. The first-order valence-electron chi connectivity index (χ1n) is 13.4. The summed E-state index contributed by atoms with van der Waals surface area (Å²) in [6, 6.07) is 10.9. The van der Waals surface area contributed by atoms with Gasteiger partial charge in [0.15, 0.2) is 5.78 Å². The van der Waals surface area contributed by atoms with Gasteiger partial charge >= 0.3 is 5.97 Å². The Morgan fingerprint density at radius 3 is 1.35 bits per heavy atom. The van der Waals surface area contributed by atoms with Crippen LogP contribution in [0, 0.1) is 23.7 Å². The van der Waals surface area contributed by atoms with Gasteiger partial charge < -0.3 is 42.2 Å². The van der Waals surface area contributed by atoms with Gasteiger partial charge in [-0.1, -0.05) is 38.5 Å². The number of ketones is 1. The van der Waals surface area contributed by atoms with E-state index in [1.807, 2.05) is 0 Å². The largest absolute Gasteiger partial charge is 0.467 e. The topological polar surface area (TPSA) is 214 Å². The summed E-state index contributed by atoms with van der Waals surface area (Å²) in [5.41, 5.74) is 11.9. The number of esters is 1. The summed E-state index contributed by atoms with van der Waals surface area (Å²) in [5.74, 6) is 8.40. The molecule has 252 valence electrons. The normalized spacial score (nSPS) is 11.4. The van der Waals surface area contributed by atoms with Crippen molar-refractivity contribution in [2.75, 3.05) is 26.9 Å². The van der Waals surface area contributed by atoms with Gasteiger partial charge in [-0.25, -0.2) is 4.79 Å². The minimum Gasteiger partial charge on any atom is -0.467 e. The van der Waals surface area contributed by atoms with Gasteiger partial charge in [-0.15, -0.1) is 0 Å². The molecule has 2 aromatic rings. The molecule has 0 heterocycles. The number of hydrogen-bond acceptors (Lipinski definition) is 10. The van der Waals surface area contributed by atoms with Crippen molar-refractivity contribution in [1.29, 1.82) is 0 Å². The molecule has 12 nitrogen and oxygen atoms in total. The summed E-state index contributed by atoms with van der Waals surface area (Å²) in [6.07, 6.45) is 0. The average Bonchev–Trinajstić information content (AvgIpc) is 2.99. The number of carbonyl (C=O) groups excluding carboxylic acids is 4. The Labute approximate surface area is 271 Å². The lowest BCUT2D eigenvalue weighted by molar-refractivity contribution is -0.144. The number of Topliss-reactive ketones (excluding diaryl/α,β-unsaturated/α-hetero) is 1. The zero-order valence-corrected chi connectivity index (χ0v) is 25.4. The predicted octanol–water partition coefficient (Wildman–Crippen LogP) is 0.739. The van der Waals surface area contributed by atoms with Crippen LogP contribution in [0.1, 0.15) is 74.4 Å². The summed E-state index contributed by atoms with van der Waals surface area (Å²) in [4.78, 5) is 47.8. The molecule has 0 radical (unpaired) electrons. The first-order valence-corrected chi connectivity index (χ1v) is 13.4. The minimum absolute atomic E-state index is 0. The van der Waals surface area contributed by atoms with E-state index in [0.29, 0.717) is 22.3 Å². The molecule has 0 aliphatic heterocycles. The van der Waals surface area contributed by atoms with Crippen molar-refractivity contribution in [3.8, 4) is 23.7 Å². The fraction of sp³-hybridized carbons (Fsp3) is 0.412. The maximum atomic E-state index is 12.2. The van der Waals surface area contributed by atoms with Crippen molar-refractivity contribution in [3.63, 3.8) is 0 Å². The molecule has 2 amide bonds. The van der Waals surface area contributed by atoms with Gasteiger partial charge in [-0.3, -0.25) is 14.4 Å². The molecule has 0 fully saturated rings. The van der Waals surface area contributed by atoms with Crippen molar-refractivity contribution in [3.05, 3.63) is 70.8 Å². The molecule has 12 heteroatoms. The molecule has 0 saturated heterocycles. The van der Waals surface area contributed by atoms with Crippen LogP contribution in [0.2, 0.25) is 0 Å². The van der Waals surface area contributed by atoms with E-state index in [2.05, 4.69) is 39.1 Å². The number of aliphatic hydroxyl groups excluding tert-OH is 3. The minimum atomic E-state index is -0.998. The van der Waals surface area contributed by atoms with Crippen LogP contribution in [0.25, 0.3) is 0 Å². The third-order valence-electron chi connectivity index (χ3n) is 5.87. The number of ether oxygens (including phenoxy) is 1. The van der Waals surface area contributed by atoms with Crippen LogP contribution in [0.5, 0.6) is 0 Å². The third kappa shape index (κ3) is 14.5. The summed E-state index contributed by atoms with van der Waals surface area (Å²) < 4.78 is 4.66. The Bertz CT molecular complexity index is 1290. The first-order chi connectivity index (χ1) is 20.6. The molecule has 2 rings (SSSR count). The Balaban J connectivity index is 0. The fourth-order valence-corrected chi connectivity index (χ4v) is 3.56. The Morgan fingerprint density at radius 2 is 1.07 bits per heavy atom. The zero-order valence-electron chi connectivity index (χ0n) is 25.4. The highest BCUT2D eigenvalue weighted by molar-refractivity contribution is 5.99. The second-order valence-corrected chi connectivity index (χ2v) is 10.7. The molecule has 2 atom stereocenters. The Morgan fingerprint density at radius 1 is 0.717 bits per heavy atom. The first kappa shape index (κ1) is 43.6. The quantitative estimate of drug-likeness (QED) is 0.151. The lowest BCUT2D eigenvalue weighted by atomic mass is 9.92. The molecular weight excluding hydrogens is 592 g/mol. The maximum absolute atomic E-state index is 12.2. The number of benzene rings is 2. The molecule has 46 heavy (non-hydrogen) atoms. The van der Waals surface area contributed by atoms with Gasteiger partial charge in [0.1, 0.15) is 31.9 Å². The predicted molar refractivity (Wildman–Crippen MR) is 177 cm³/mol. The van der Waals surface area contributed by atoms with Gasteiger partial charge in [0.25, 0.3) is 11.8 Å². The van der Waals surface area contributed by atoms with E-state index in [1.54, 1.807) is 76.2 Å². The molecule has 0 saturated carbocycles. The standard InChI is InChI=1S/2C16H20N2O4.2CH4/c1-16(2,17)13(15(21)22-3)18-14(20)12-8-6-11(7-9-12)5-4-10-19;1-16(2,17)14(13(21)10-20)18-15(22)12-7-5-11(6-8-12)4-3-9-19;;/h6-9,13,19H,10,17H2,1-3H3,(H,18,20);5-8,14,19-20H,9-10,17H2,1-2H3,(H,18,22);2*1H4/t13-;14-;;/m11../s1. The van der Waals surface area contributed by atoms with Crippen LogP contribution in [-0.2, 0) is 14.3 Å². The van der Waals surface area contributed by atoms with Crippen LogP contribution < -0.4 is 22.1 Å². The van der Waals surface area contributed by atoms with Crippen molar-refractivity contribution in [2.24, 2.45) is 11.5 Å².